The maximum absolute atomic E-state index is 13.6. The number of rotatable bonds is 11. The number of hydrogen-bond donors (Lipinski definition) is 1. The number of non-ortho nitro benzene ring substituents is 1. The first-order chi connectivity index (χ1) is 19.3. The number of nitrogens with zero attached hydrogens (tertiary/aromatic N) is 3. The molecule has 8 nitrogen and oxygen atoms in total. The highest BCUT2D eigenvalue weighted by Crippen LogP contribution is 2.33. The molecule has 3 aromatic carbocycles. The Morgan fingerprint density at radius 3 is 2.42 bits per heavy atom. The first kappa shape index (κ1) is 29.6. The number of anilines is 1. The van der Waals surface area contributed by atoms with Crippen LogP contribution in [-0.2, 0) is 11.3 Å². The SMILES string of the molecule is Cc1ccc(Sc2ccc([N+](=O)[O-])cc2CN(CCCN2CCOCC2)C(=O)Nc2ccc(C(C)C)cc2)cc1. The minimum absolute atomic E-state index is 0.0150. The zero-order valence-electron chi connectivity index (χ0n) is 23.5. The van der Waals surface area contributed by atoms with E-state index >= 15 is 0 Å². The molecule has 1 aliphatic rings. The summed E-state index contributed by atoms with van der Waals surface area (Å²) >= 11 is 1.55. The summed E-state index contributed by atoms with van der Waals surface area (Å²) < 4.78 is 5.46. The summed E-state index contributed by atoms with van der Waals surface area (Å²) in [5.74, 6) is 0.403. The molecule has 1 fully saturated rings. The standard InChI is InChI=1S/C31H38N4O4S/c1-23(2)25-7-9-27(10-8-25)32-31(36)34(16-4-15-33-17-19-39-20-18-33)22-26-21-28(35(37)38)11-14-30(26)40-29-12-5-24(3)6-13-29/h5-14,21,23H,4,15-20,22H2,1-3H3,(H,32,36). The van der Waals surface area contributed by atoms with Crippen LogP contribution in [0.4, 0.5) is 16.2 Å². The van der Waals surface area contributed by atoms with Crippen molar-refractivity contribution in [2.45, 2.75) is 49.4 Å². The van der Waals surface area contributed by atoms with Gasteiger partial charge in [-0.15, -0.1) is 0 Å². The molecule has 0 aromatic heterocycles. The Morgan fingerprint density at radius 2 is 1.77 bits per heavy atom. The third-order valence-corrected chi connectivity index (χ3v) is 8.11. The number of urea groups is 1. The van der Waals surface area contributed by atoms with Gasteiger partial charge in [0.05, 0.1) is 18.1 Å². The molecule has 0 saturated carbocycles. The summed E-state index contributed by atoms with van der Waals surface area (Å²) in [6, 6.07) is 20.7. The lowest BCUT2D eigenvalue weighted by molar-refractivity contribution is -0.385. The fourth-order valence-electron chi connectivity index (χ4n) is 4.56. The number of ether oxygens (including phenoxy) is 1. The number of nitrogens with one attached hydrogen (secondary N) is 1. The molecule has 2 amide bonds. The van der Waals surface area contributed by atoms with E-state index in [0.29, 0.717) is 12.5 Å². The number of benzene rings is 3. The third kappa shape index (κ3) is 8.55. The molecule has 0 radical (unpaired) electrons. The van der Waals surface area contributed by atoms with Crippen LogP contribution in [0.5, 0.6) is 0 Å². The van der Waals surface area contributed by atoms with E-state index in [0.717, 1.165) is 65.9 Å². The lowest BCUT2D eigenvalue weighted by atomic mass is 10.0. The Kier molecular flexibility index (Phi) is 10.6. The van der Waals surface area contributed by atoms with Gasteiger partial charge < -0.3 is 15.0 Å². The van der Waals surface area contributed by atoms with Crippen LogP contribution in [0.1, 0.15) is 42.9 Å². The van der Waals surface area contributed by atoms with Crippen LogP contribution < -0.4 is 5.32 Å². The van der Waals surface area contributed by atoms with E-state index in [1.807, 2.05) is 55.5 Å². The van der Waals surface area contributed by atoms with E-state index in [1.54, 1.807) is 28.8 Å². The second-order valence-corrected chi connectivity index (χ2v) is 11.5. The topological polar surface area (TPSA) is 88.0 Å². The molecule has 212 valence electrons. The maximum Gasteiger partial charge on any atom is 0.322 e. The third-order valence-electron chi connectivity index (χ3n) is 6.99. The van der Waals surface area contributed by atoms with Crippen molar-refractivity contribution in [2.24, 2.45) is 0 Å². The van der Waals surface area contributed by atoms with Gasteiger partial charge in [-0.25, -0.2) is 4.79 Å². The zero-order chi connectivity index (χ0) is 28.5. The number of nitro benzene ring substituents is 1. The second kappa shape index (κ2) is 14.3. The predicted molar refractivity (Wildman–Crippen MR) is 160 cm³/mol. The summed E-state index contributed by atoms with van der Waals surface area (Å²) in [6.45, 7) is 11.2. The van der Waals surface area contributed by atoms with Gasteiger partial charge >= 0.3 is 6.03 Å². The van der Waals surface area contributed by atoms with E-state index in [1.165, 1.54) is 11.6 Å². The van der Waals surface area contributed by atoms with Crippen LogP contribution in [-0.4, -0.2) is 60.1 Å². The van der Waals surface area contributed by atoms with Gasteiger partial charge in [0.15, 0.2) is 0 Å². The molecule has 0 aliphatic carbocycles. The lowest BCUT2D eigenvalue weighted by Crippen LogP contribution is -2.40. The van der Waals surface area contributed by atoms with Gasteiger partial charge in [0.1, 0.15) is 0 Å². The quantitative estimate of drug-likeness (QED) is 0.201. The molecule has 0 atom stereocenters. The smallest absolute Gasteiger partial charge is 0.322 e. The van der Waals surface area contributed by atoms with Crippen molar-refractivity contribution < 1.29 is 14.5 Å². The number of aryl methyl sites for hydroxylation is 1. The molecule has 1 N–H and O–H groups in total. The van der Waals surface area contributed by atoms with Crippen LogP contribution in [0.25, 0.3) is 0 Å². The van der Waals surface area contributed by atoms with Crippen molar-refractivity contribution in [3.8, 4) is 0 Å². The number of morpholine rings is 1. The van der Waals surface area contributed by atoms with Crippen molar-refractivity contribution >= 4 is 29.2 Å². The molecule has 4 rings (SSSR count). The van der Waals surface area contributed by atoms with Gasteiger partial charge in [0.25, 0.3) is 5.69 Å². The van der Waals surface area contributed by atoms with Gasteiger partial charge in [-0.1, -0.05) is 55.4 Å². The van der Waals surface area contributed by atoms with Crippen LogP contribution >= 0.6 is 11.8 Å². The molecule has 1 saturated heterocycles. The molecule has 40 heavy (non-hydrogen) atoms. The number of amides is 2. The average Bonchev–Trinajstić information content (AvgIpc) is 2.95. The van der Waals surface area contributed by atoms with E-state index in [-0.39, 0.29) is 23.2 Å². The van der Waals surface area contributed by atoms with E-state index in [2.05, 4.69) is 24.1 Å². The predicted octanol–water partition coefficient (Wildman–Crippen LogP) is 6.93. The van der Waals surface area contributed by atoms with E-state index in [9.17, 15) is 14.9 Å². The van der Waals surface area contributed by atoms with Crippen LogP contribution in [0.3, 0.4) is 0 Å². The monoisotopic (exact) mass is 562 g/mol. The van der Waals surface area contributed by atoms with Gasteiger partial charge in [-0.2, -0.15) is 0 Å². The molecule has 3 aromatic rings. The average molecular weight is 563 g/mol. The molecule has 0 unspecified atom stereocenters. The van der Waals surface area contributed by atoms with Crippen molar-refractivity contribution in [3.05, 3.63) is 93.5 Å². The van der Waals surface area contributed by atoms with Gasteiger partial charge in [-0.05, 0) is 60.7 Å². The van der Waals surface area contributed by atoms with Gasteiger partial charge in [-0.3, -0.25) is 15.0 Å². The van der Waals surface area contributed by atoms with Crippen LogP contribution in [0.2, 0.25) is 0 Å². The number of carbonyl (C=O) groups excluding carboxylic acids is 1. The summed E-state index contributed by atoms with van der Waals surface area (Å²) in [4.78, 5) is 30.9. The van der Waals surface area contributed by atoms with Crippen molar-refractivity contribution in [1.82, 2.24) is 9.80 Å². The number of hydrogen-bond acceptors (Lipinski definition) is 6. The van der Waals surface area contributed by atoms with Crippen molar-refractivity contribution in [3.63, 3.8) is 0 Å². The minimum atomic E-state index is -0.386. The summed E-state index contributed by atoms with van der Waals surface area (Å²) in [5.41, 5.74) is 3.85. The largest absolute Gasteiger partial charge is 0.379 e. The Bertz CT molecular complexity index is 1280. The first-order valence-corrected chi connectivity index (χ1v) is 14.6. The summed E-state index contributed by atoms with van der Waals surface area (Å²) in [7, 11) is 0. The molecule has 9 heteroatoms. The highest BCUT2D eigenvalue weighted by Gasteiger charge is 2.20. The minimum Gasteiger partial charge on any atom is -0.379 e. The van der Waals surface area contributed by atoms with Gasteiger partial charge in [0.2, 0.25) is 0 Å². The fraction of sp³-hybridized carbons (Fsp3) is 0.387. The maximum atomic E-state index is 13.6. The van der Waals surface area contributed by atoms with Crippen molar-refractivity contribution in [1.29, 1.82) is 0 Å². The van der Waals surface area contributed by atoms with Crippen LogP contribution in [0.15, 0.2) is 76.5 Å². The molecular weight excluding hydrogens is 524 g/mol. The van der Waals surface area contributed by atoms with E-state index in [4.69, 9.17) is 4.74 Å². The molecular formula is C31H38N4O4S. The first-order valence-electron chi connectivity index (χ1n) is 13.8. The highest BCUT2D eigenvalue weighted by molar-refractivity contribution is 7.99. The number of carbonyl (C=O) groups is 1. The highest BCUT2D eigenvalue weighted by atomic mass is 32.2. The Balaban J connectivity index is 1.56. The number of nitro groups is 1. The zero-order valence-corrected chi connectivity index (χ0v) is 24.3. The molecule has 1 heterocycles. The second-order valence-electron chi connectivity index (χ2n) is 10.4. The Labute approximate surface area is 240 Å². The summed E-state index contributed by atoms with van der Waals surface area (Å²) in [6.07, 6.45) is 0.787. The van der Waals surface area contributed by atoms with Gasteiger partial charge in [0, 0.05) is 60.3 Å². The molecule has 0 bridgehead atoms. The lowest BCUT2D eigenvalue weighted by Gasteiger charge is -2.29. The van der Waals surface area contributed by atoms with Crippen LogP contribution in [0, 0.1) is 17.0 Å². The Hall–Kier alpha value is -3.40. The Morgan fingerprint density at radius 1 is 1.07 bits per heavy atom. The normalized spacial score (nSPS) is 13.8. The van der Waals surface area contributed by atoms with E-state index < -0.39 is 0 Å². The molecule has 0 spiro atoms. The fourth-order valence-corrected chi connectivity index (χ4v) is 5.47. The molecule has 1 aliphatic heterocycles. The van der Waals surface area contributed by atoms with Crippen molar-refractivity contribution in [2.75, 3.05) is 44.7 Å². The summed E-state index contributed by atoms with van der Waals surface area (Å²) in [5, 5.41) is 14.7.